The Morgan fingerprint density at radius 3 is 2.96 bits per heavy atom. The van der Waals surface area contributed by atoms with E-state index >= 15 is 0 Å². The van der Waals surface area contributed by atoms with Crippen LogP contribution >= 0.6 is 0 Å². The van der Waals surface area contributed by atoms with E-state index in [2.05, 4.69) is 15.6 Å². The lowest BCUT2D eigenvalue weighted by Crippen LogP contribution is -2.38. The first-order valence-corrected chi connectivity index (χ1v) is 8.05. The van der Waals surface area contributed by atoms with Crippen molar-refractivity contribution in [1.29, 1.82) is 0 Å². The van der Waals surface area contributed by atoms with Gasteiger partial charge in [-0.3, -0.25) is 0 Å². The number of H-pyrrole nitrogens is 1. The van der Waals surface area contributed by atoms with Crippen LogP contribution in [0.25, 0.3) is 10.9 Å². The van der Waals surface area contributed by atoms with Crippen LogP contribution in [0.15, 0.2) is 47.2 Å². The third-order valence-corrected chi connectivity index (χ3v) is 3.98. The Labute approximate surface area is 145 Å². The van der Waals surface area contributed by atoms with Crippen LogP contribution in [0, 0.1) is 0 Å². The van der Waals surface area contributed by atoms with E-state index in [4.69, 9.17) is 9.15 Å². The number of hydrogen-bond acceptors (Lipinski definition) is 4. The standard InChI is InChI=1S/C18H21N3O4/c1-24-16-5-2-4-13-17(16)12(10-20-13)7-8-19-18(23)21-11-14(22)15-6-3-9-25-15/h2-6,9-10,14,20,22H,7-8,11H2,1H3,(H2,19,21,23). The summed E-state index contributed by atoms with van der Waals surface area (Å²) in [5, 5.41) is 16.3. The second-order valence-corrected chi connectivity index (χ2v) is 5.61. The maximum atomic E-state index is 11.8. The molecule has 0 saturated heterocycles. The van der Waals surface area contributed by atoms with Gasteiger partial charge in [0.15, 0.2) is 0 Å². The van der Waals surface area contributed by atoms with Crippen LogP contribution in [0.4, 0.5) is 4.79 Å². The van der Waals surface area contributed by atoms with E-state index in [0.29, 0.717) is 18.7 Å². The molecule has 25 heavy (non-hydrogen) atoms. The van der Waals surface area contributed by atoms with Crippen molar-refractivity contribution < 1.29 is 19.1 Å². The van der Waals surface area contributed by atoms with Gasteiger partial charge in [-0.05, 0) is 36.2 Å². The SMILES string of the molecule is COc1cccc2[nH]cc(CCNC(=O)NCC(O)c3ccco3)c12. The van der Waals surface area contributed by atoms with Gasteiger partial charge in [0.1, 0.15) is 17.6 Å². The summed E-state index contributed by atoms with van der Waals surface area (Å²) in [5.41, 5.74) is 2.07. The molecule has 0 spiro atoms. The minimum Gasteiger partial charge on any atom is -0.496 e. The van der Waals surface area contributed by atoms with E-state index in [0.717, 1.165) is 22.2 Å². The Morgan fingerprint density at radius 2 is 2.20 bits per heavy atom. The minimum atomic E-state index is -0.862. The molecule has 2 aromatic heterocycles. The van der Waals surface area contributed by atoms with Gasteiger partial charge in [-0.15, -0.1) is 0 Å². The number of fused-ring (bicyclic) bond motifs is 1. The quantitative estimate of drug-likeness (QED) is 0.529. The molecule has 7 heteroatoms. The van der Waals surface area contributed by atoms with Gasteiger partial charge in [-0.2, -0.15) is 0 Å². The van der Waals surface area contributed by atoms with Crippen LogP contribution in [-0.2, 0) is 6.42 Å². The Morgan fingerprint density at radius 1 is 1.32 bits per heavy atom. The third kappa shape index (κ3) is 3.95. The molecule has 1 atom stereocenters. The van der Waals surface area contributed by atoms with Crippen molar-refractivity contribution in [1.82, 2.24) is 15.6 Å². The van der Waals surface area contributed by atoms with Gasteiger partial charge in [-0.25, -0.2) is 4.79 Å². The highest BCUT2D eigenvalue weighted by Gasteiger charge is 2.12. The van der Waals surface area contributed by atoms with Crippen LogP contribution in [-0.4, -0.2) is 36.3 Å². The number of aliphatic hydroxyl groups excluding tert-OH is 1. The van der Waals surface area contributed by atoms with E-state index in [1.54, 1.807) is 19.2 Å². The van der Waals surface area contributed by atoms with Gasteiger partial charge in [0.2, 0.25) is 0 Å². The first-order chi connectivity index (χ1) is 12.2. The fourth-order valence-electron chi connectivity index (χ4n) is 2.73. The van der Waals surface area contributed by atoms with E-state index in [9.17, 15) is 9.90 Å². The number of carbonyl (C=O) groups excluding carboxylic acids is 1. The molecule has 2 heterocycles. The molecule has 0 saturated carbocycles. The third-order valence-electron chi connectivity index (χ3n) is 3.98. The molecule has 0 radical (unpaired) electrons. The van der Waals surface area contributed by atoms with E-state index in [1.165, 1.54) is 6.26 Å². The molecule has 0 bridgehead atoms. The number of nitrogens with one attached hydrogen (secondary N) is 3. The number of aliphatic hydroxyl groups is 1. The molecular formula is C18H21N3O4. The number of benzene rings is 1. The molecule has 0 fully saturated rings. The Kier molecular flexibility index (Phi) is 5.25. The summed E-state index contributed by atoms with van der Waals surface area (Å²) in [7, 11) is 1.64. The molecule has 0 aliphatic heterocycles. The zero-order chi connectivity index (χ0) is 17.6. The molecule has 0 aliphatic carbocycles. The molecule has 7 nitrogen and oxygen atoms in total. The molecule has 2 amide bonds. The number of hydrogen-bond donors (Lipinski definition) is 4. The van der Waals surface area contributed by atoms with Crippen molar-refractivity contribution in [2.75, 3.05) is 20.2 Å². The summed E-state index contributed by atoms with van der Waals surface area (Å²) < 4.78 is 10.5. The number of methoxy groups -OCH3 is 1. The van der Waals surface area contributed by atoms with Gasteiger partial charge >= 0.3 is 6.03 Å². The van der Waals surface area contributed by atoms with Crippen molar-refractivity contribution in [3.05, 3.63) is 54.1 Å². The predicted molar refractivity (Wildman–Crippen MR) is 93.6 cm³/mol. The smallest absolute Gasteiger partial charge is 0.314 e. The molecule has 0 aliphatic rings. The normalized spacial score (nSPS) is 12.1. The monoisotopic (exact) mass is 343 g/mol. The average Bonchev–Trinajstić information content (AvgIpc) is 3.29. The summed E-state index contributed by atoms with van der Waals surface area (Å²) in [6.45, 7) is 0.550. The zero-order valence-corrected chi connectivity index (χ0v) is 13.9. The van der Waals surface area contributed by atoms with Crippen LogP contribution in [0.1, 0.15) is 17.4 Å². The van der Waals surface area contributed by atoms with Crippen LogP contribution in [0.5, 0.6) is 5.75 Å². The van der Waals surface area contributed by atoms with E-state index in [1.807, 2.05) is 24.4 Å². The van der Waals surface area contributed by atoms with Crippen molar-refractivity contribution in [2.24, 2.45) is 0 Å². The van der Waals surface area contributed by atoms with Crippen LogP contribution in [0.3, 0.4) is 0 Å². The lowest BCUT2D eigenvalue weighted by atomic mass is 10.1. The highest BCUT2D eigenvalue weighted by atomic mass is 16.5. The number of carbonyl (C=O) groups is 1. The highest BCUT2D eigenvalue weighted by molar-refractivity contribution is 5.89. The van der Waals surface area contributed by atoms with Crippen molar-refractivity contribution in [2.45, 2.75) is 12.5 Å². The zero-order valence-electron chi connectivity index (χ0n) is 13.9. The molecule has 132 valence electrons. The van der Waals surface area contributed by atoms with Crippen LogP contribution in [0.2, 0.25) is 0 Å². The topological polar surface area (TPSA) is 99.5 Å². The first kappa shape index (κ1) is 16.9. The fraction of sp³-hybridized carbons (Fsp3) is 0.278. The van der Waals surface area contributed by atoms with Gasteiger partial charge in [0.25, 0.3) is 0 Å². The molecule has 3 rings (SSSR count). The Bertz CT molecular complexity index is 826. The minimum absolute atomic E-state index is 0.0836. The molecular weight excluding hydrogens is 322 g/mol. The molecule has 1 aromatic carbocycles. The predicted octanol–water partition coefficient (Wildman–Crippen LogP) is 2.34. The van der Waals surface area contributed by atoms with Gasteiger partial charge < -0.3 is 29.9 Å². The summed E-state index contributed by atoms with van der Waals surface area (Å²) in [4.78, 5) is 15.0. The average molecular weight is 343 g/mol. The Balaban J connectivity index is 1.49. The van der Waals surface area contributed by atoms with E-state index in [-0.39, 0.29) is 12.6 Å². The van der Waals surface area contributed by atoms with Gasteiger partial charge in [0.05, 0.1) is 19.9 Å². The molecule has 1 unspecified atom stereocenters. The summed E-state index contributed by atoms with van der Waals surface area (Å²) in [6.07, 6.45) is 3.20. The van der Waals surface area contributed by atoms with Crippen molar-refractivity contribution >= 4 is 16.9 Å². The summed E-state index contributed by atoms with van der Waals surface area (Å²) in [5.74, 6) is 1.23. The molecule has 3 aromatic rings. The molecule has 4 N–H and O–H groups in total. The maximum absolute atomic E-state index is 11.8. The number of rotatable bonds is 7. The lowest BCUT2D eigenvalue weighted by Gasteiger charge is -2.11. The van der Waals surface area contributed by atoms with Gasteiger partial charge in [0, 0.05) is 23.6 Å². The summed E-state index contributed by atoms with van der Waals surface area (Å²) in [6, 6.07) is 8.84. The van der Waals surface area contributed by atoms with Gasteiger partial charge in [-0.1, -0.05) is 6.07 Å². The lowest BCUT2D eigenvalue weighted by molar-refractivity contribution is 0.148. The van der Waals surface area contributed by atoms with Crippen molar-refractivity contribution in [3.63, 3.8) is 0 Å². The first-order valence-electron chi connectivity index (χ1n) is 8.05. The number of urea groups is 1. The second kappa shape index (κ2) is 7.76. The summed E-state index contributed by atoms with van der Waals surface area (Å²) >= 11 is 0. The largest absolute Gasteiger partial charge is 0.496 e. The van der Waals surface area contributed by atoms with E-state index < -0.39 is 6.10 Å². The second-order valence-electron chi connectivity index (χ2n) is 5.61. The number of furan rings is 1. The van der Waals surface area contributed by atoms with Crippen LogP contribution < -0.4 is 15.4 Å². The Hall–Kier alpha value is -2.93. The fourth-order valence-corrected chi connectivity index (χ4v) is 2.73. The number of ether oxygens (including phenoxy) is 1. The number of aromatic amines is 1. The number of aromatic nitrogens is 1. The van der Waals surface area contributed by atoms with Crippen molar-refractivity contribution in [3.8, 4) is 5.75 Å². The highest BCUT2D eigenvalue weighted by Crippen LogP contribution is 2.28. The maximum Gasteiger partial charge on any atom is 0.314 e. The number of amides is 2.